The topological polar surface area (TPSA) is 26.3 Å². The van der Waals surface area contributed by atoms with Gasteiger partial charge in [0.1, 0.15) is 0 Å². The van der Waals surface area contributed by atoms with Crippen LogP contribution >= 0.6 is 22.6 Å². The third-order valence-corrected chi connectivity index (χ3v) is 4.72. The number of rotatable bonds is 3. The van der Waals surface area contributed by atoms with Crippen LogP contribution in [0, 0.1) is 3.57 Å². The minimum absolute atomic E-state index is 0.0421. The molecule has 0 aliphatic carbocycles. The fourth-order valence-corrected chi connectivity index (χ4v) is 3.42. The van der Waals surface area contributed by atoms with Gasteiger partial charge in [-0.25, -0.2) is 0 Å². The molecule has 1 unspecified atom stereocenters. The Morgan fingerprint density at radius 3 is 2.74 bits per heavy atom. The summed E-state index contributed by atoms with van der Waals surface area (Å²) in [6.07, 6.45) is 3.89. The number of fused-ring (bicyclic) bond motifs is 2. The summed E-state index contributed by atoms with van der Waals surface area (Å²) < 4.78 is 7.15. The predicted molar refractivity (Wildman–Crippen MR) is 83.9 cm³/mol. The number of halogens is 1. The van der Waals surface area contributed by atoms with Gasteiger partial charge in [0.05, 0.1) is 12.2 Å². The van der Waals surface area contributed by atoms with E-state index in [1.165, 1.54) is 14.7 Å². The van der Waals surface area contributed by atoms with Crippen molar-refractivity contribution in [3.63, 3.8) is 0 Å². The van der Waals surface area contributed by atoms with E-state index < -0.39 is 0 Å². The fraction of sp³-hybridized carbons (Fsp3) is 0.438. The molecule has 3 heteroatoms. The summed E-state index contributed by atoms with van der Waals surface area (Å²) in [6.45, 7) is 1.93. The van der Waals surface area contributed by atoms with Gasteiger partial charge in [0.2, 0.25) is 0 Å². The zero-order chi connectivity index (χ0) is 13.4. The Bertz CT molecular complexity index is 530. The maximum Gasteiger partial charge on any atom is 0.161 e. The molecule has 100 valence electrons. The van der Waals surface area contributed by atoms with Crippen molar-refractivity contribution in [1.82, 2.24) is 0 Å². The Morgan fingerprint density at radius 1 is 1.32 bits per heavy atom. The highest BCUT2D eigenvalue weighted by Gasteiger charge is 2.38. The lowest BCUT2D eigenvalue weighted by molar-refractivity contribution is -0.116. The molecule has 1 aromatic rings. The van der Waals surface area contributed by atoms with Crippen molar-refractivity contribution in [1.29, 1.82) is 0 Å². The van der Waals surface area contributed by atoms with Gasteiger partial charge < -0.3 is 4.74 Å². The second-order valence-corrected chi connectivity index (χ2v) is 6.45. The van der Waals surface area contributed by atoms with E-state index in [9.17, 15) is 4.79 Å². The first kappa shape index (κ1) is 13.3. The third-order valence-electron chi connectivity index (χ3n) is 4.00. The SMILES string of the molecule is CCC(=O)C1=C(c2ccc(I)cc2)CC2CC[C@@H]1O2. The molecule has 2 heterocycles. The van der Waals surface area contributed by atoms with Crippen molar-refractivity contribution >= 4 is 33.9 Å². The van der Waals surface area contributed by atoms with Gasteiger partial charge in [0.25, 0.3) is 0 Å². The Hall–Kier alpha value is -0.680. The summed E-state index contributed by atoms with van der Waals surface area (Å²) in [5.74, 6) is 0.249. The molecule has 0 radical (unpaired) electrons. The lowest BCUT2D eigenvalue weighted by atomic mass is 9.89. The van der Waals surface area contributed by atoms with Crippen molar-refractivity contribution in [2.24, 2.45) is 0 Å². The average Bonchev–Trinajstić information content (AvgIpc) is 2.80. The summed E-state index contributed by atoms with van der Waals surface area (Å²) in [6, 6.07) is 8.47. The van der Waals surface area contributed by atoms with Crippen LogP contribution in [0.5, 0.6) is 0 Å². The van der Waals surface area contributed by atoms with E-state index in [0.29, 0.717) is 12.5 Å². The lowest BCUT2D eigenvalue weighted by Crippen LogP contribution is -2.25. The molecule has 1 aromatic carbocycles. The molecule has 2 atom stereocenters. The quantitative estimate of drug-likeness (QED) is 0.755. The summed E-state index contributed by atoms with van der Waals surface area (Å²) in [5.41, 5.74) is 3.36. The van der Waals surface area contributed by atoms with Crippen molar-refractivity contribution in [3.05, 3.63) is 39.0 Å². The summed E-state index contributed by atoms with van der Waals surface area (Å²) in [4.78, 5) is 12.3. The van der Waals surface area contributed by atoms with Gasteiger partial charge in [-0.3, -0.25) is 4.79 Å². The monoisotopic (exact) mass is 368 g/mol. The first-order valence-electron chi connectivity index (χ1n) is 6.86. The Balaban J connectivity index is 2.07. The molecule has 1 fully saturated rings. The maximum absolute atomic E-state index is 12.3. The summed E-state index contributed by atoms with van der Waals surface area (Å²) in [5, 5.41) is 0. The second-order valence-electron chi connectivity index (χ2n) is 5.20. The Labute approximate surface area is 127 Å². The van der Waals surface area contributed by atoms with Gasteiger partial charge in [0, 0.05) is 15.6 Å². The van der Waals surface area contributed by atoms with Crippen LogP contribution in [0.3, 0.4) is 0 Å². The van der Waals surface area contributed by atoms with E-state index >= 15 is 0 Å². The van der Waals surface area contributed by atoms with Gasteiger partial charge in [-0.15, -0.1) is 0 Å². The number of hydrogen-bond acceptors (Lipinski definition) is 2. The number of hydrogen-bond donors (Lipinski definition) is 0. The zero-order valence-electron chi connectivity index (χ0n) is 11.0. The number of benzene rings is 1. The molecule has 0 saturated carbocycles. The number of ketones is 1. The van der Waals surface area contributed by atoms with E-state index in [2.05, 4.69) is 46.9 Å². The largest absolute Gasteiger partial charge is 0.370 e. The van der Waals surface area contributed by atoms with Gasteiger partial charge in [-0.05, 0) is 65.1 Å². The van der Waals surface area contributed by atoms with Crippen molar-refractivity contribution in [2.45, 2.75) is 44.8 Å². The molecule has 0 N–H and O–H groups in total. The van der Waals surface area contributed by atoms with Crippen molar-refractivity contribution in [2.75, 3.05) is 0 Å². The van der Waals surface area contributed by atoms with Crippen LogP contribution in [0.1, 0.15) is 38.2 Å². The molecular formula is C16H17IO2. The Kier molecular flexibility index (Phi) is 3.76. The van der Waals surface area contributed by atoms with E-state index in [0.717, 1.165) is 24.8 Å². The molecule has 19 heavy (non-hydrogen) atoms. The van der Waals surface area contributed by atoms with Crippen molar-refractivity contribution < 1.29 is 9.53 Å². The van der Waals surface area contributed by atoms with E-state index in [-0.39, 0.29) is 11.9 Å². The van der Waals surface area contributed by atoms with Crippen LogP contribution in [0.4, 0.5) is 0 Å². The highest BCUT2D eigenvalue weighted by atomic mass is 127. The lowest BCUT2D eigenvalue weighted by Gasteiger charge is -2.26. The molecule has 2 aliphatic rings. The molecule has 2 aliphatic heterocycles. The summed E-state index contributed by atoms with van der Waals surface area (Å²) in [7, 11) is 0. The third kappa shape index (κ3) is 2.50. The van der Waals surface area contributed by atoms with Gasteiger partial charge in [-0.2, -0.15) is 0 Å². The number of ether oxygens (including phenoxy) is 1. The first-order chi connectivity index (χ1) is 9.19. The maximum atomic E-state index is 12.3. The molecule has 3 rings (SSSR count). The standard InChI is InChI=1S/C16H17IO2/c1-2-14(18)16-13(9-12-7-8-15(16)19-12)10-3-5-11(17)6-4-10/h3-6,12,15H,2,7-9H2,1H3/t12?,15-/m0/s1. The highest BCUT2D eigenvalue weighted by Crippen LogP contribution is 2.41. The molecule has 0 spiro atoms. The van der Waals surface area contributed by atoms with Crippen LogP contribution in [0.2, 0.25) is 0 Å². The zero-order valence-corrected chi connectivity index (χ0v) is 13.1. The van der Waals surface area contributed by atoms with E-state index in [4.69, 9.17) is 4.74 Å². The van der Waals surface area contributed by atoms with Crippen molar-refractivity contribution in [3.8, 4) is 0 Å². The van der Waals surface area contributed by atoms with Gasteiger partial charge >= 0.3 is 0 Å². The van der Waals surface area contributed by atoms with Gasteiger partial charge in [0.15, 0.2) is 5.78 Å². The molecule has 0 amide bonds. The Morgan fingerprint density at radius 2 is 2.05 bits per heavy atom. The molecular weight excluding hydrogens is 351 g/mol. The highest BCUT2D eigenvalue weighted by molar-refractivity contribution is 14.1. The fourth-order valence-electron chi connectivity index (χ4n) is 3.06. The van der Waals surface area contributed by atoms with Crippen LogP contribution in [0.15, 0.2) is 29.8 Å². The first-order valence-corrected chi connectivity index (χ1v) is 7.94. The van der Waals surface area contributed by atoms with Crippen LogP contribution < -0.4 is 0 Å². The molecule has 0 aromatic heterocycles. The average molecular weight is 368 g/mol. The predicted octanol–water partition coefficient (Wildman–Crippen LogP) is 3.98. The number of carbonyl (C=O) groups is 1. The van der Waals surface area contributed by atoms with Gasteiger partial charge in [-0.1, -0.05) is 19.1 Å². The molecule has 2 bridgehead atoms. The normalized spacial score (nSPS) is 25.8. The van der Waals surface area contributed by atoms with Crippen LogP contribution in [-0.4, -0.2) is 18.0 Å². The summed E-state index contributed by atoms with van der Waals surface area (Å²) >= 11 is 2.31. The van der Waals surface area contributed by atoms with Crippen LogP contribution in [-0.2, 0) is 9.53 Å². The molecule has 2 nitrogen and oxygen atoms in total. The smallest absolute Gasteiger partial charge is 0.161 e. The second kappa shape index (κ2) is 5.37. The minimum Gasteiger partial charge on any atom is -0.370 e. The van der Waals surface area contributed by atoms with Crippen LogP contribution in [0.25, 0.3) is 5.57 Å². The number of carbonyl (C=O) groups excluding carboxylic acids is 1. The minimum atomic E-state index is 0.0421. The van der Waals surface area contributed by atoms with E-state index in [1.54, 1.807) is 0 Å². The van der Waals surface area contributed by atoms with E-state index in [1.807, 2.05) is 6.92 Å². The number of Topliss-reactive ketones (excluding diaryl/α,β-unsaturated/α-hetero) is 1. The molecule has 1 saturated heterocycles.